The predicted octanol–water partition coefficient (Wildman–Crippen LogP) is 1.53. The summed E-state index contributed by atoms with van der Waals surface area (Å²) in [4.78, 5) is 15.0. The highest BCUT2D eigenvalue weighted by Crippen LogP contribution is 2.18. The third-order valence-electron chi connectivity index (χ3n) is 2.03. The van der Waals surface area contributed by atoms with Crippen LogP contribution in [0.3, 0.4) is 0 Å². The van der Waals surface area contributed by atoms with Crippen molar-refractivity contribution in [2.45, 2.75) is 6.92 Å². The molecule has 2 rings (SSSR count). The molecule has 0 saturated heterocycles. The van der Waals surface area contributed by atoms with E-state index in [0.29, 0.717) is 6.47 Å². The van der Waals surface area contributed by atoms with Crippen LogP contribution in [0.25, 0.3) is 10.9 Å². The number of benzene rings is 1. The molecular formula is C10H9NO2. The lowest BCUT2D eigenvalue weighted by Crippen LogP contribution is -2.06. The van der Waals surface area contributed by atoms with Gasteiger partial charge in [0.15, 0.2) is 0 Å². The Kier molecular flexibility index (Phi) is 1.77. The number of para-hydroxylation sites is 1. The Hall–Kier alpha value is -1.77. The zero-order valence-electron chi connectivity index (χ0n) is 7.23. The van der Waals surface area contributed by atoms with Crippen LogP contribution in [0.5, 0.6) is 0 Å². The number of hydrogen-bond acceptors (Lipinski definition) is 2. The number of aromatic nitrogens is 1. The number of aryl methyl sites for hydroxylation is 1. The Bertz CT molecular complexity index is 445. The van der Waals surface area contributed by atoms with E-state index in [1.807, 2.05) is 31.2 Å². The lowest BCUT2D eigenvalue weighted by Gasteiger charge is -1.98. The monoisotopic (exact) mass is 175 g/mol. The van der Waals surface area contributed by atoms with Crippen LogP contribution < -0.4 is 4.84 Å². The van der Waals surface area contributed by atoms with E-state index in [4.69, 9.17) is 4.84 Å². The normalized spacial score (nSPS) is 10.2. The fraction of sp³-hybridized carbons (Fsp3) is 0.100. The van der Waals surface area contributed by atoms with Crippen molar-refractivity contribution in [2.75, 3.05) is 0 Å². The molecule has 0 spiro atoms. The molecule has 13 heavy (non-hydrogen) atoms. The van der Waals surface area contributed by atoms with Gasteiger partial charge in [-0.2, -0.15) is 4.73 Å². The summed E-state index contributed by atoms with van der Waals surface area (Å²) in [6.45, 7) is 2.40. The zero-order valence-corrected chi connectivity index (χ0v) is 7.23. The summed E-state index contributed by atoms with van der Waals surface area (Å²) in [7, 11) is 0. The maximum absolute atomic E-state index is 10.2. The highest BCUT2D eigenvalue weighted by Gasteiger charge is 2.03. The first-order chi connectivity index (χ1) is 6.33. The minimum absolute atomic E-state index is 0.422. The molecule has 0 radical (unpaired) electrons. The van der Waals surface area contributed by atoms with Gasteiger partial charge in [0.2, 0.25) is 0 Å². The first kappa shape index (κ1) is 7.86. The van der Waals surface area contributed by atoms with Crippen molar-refractivity contribution in [1.82, 2.24) is 4.73 Å². The second-order valence-corrected chi connectivity index (χ2v) is 2.86. The summed E-state index contributed by atoms with van der Waals surface area (Å²) in [6, 6.07) is 7.77. The SMILES string of the molecule is Cc1cn(OC=O)c2ccccc12. The fourth-order valence-electron chi connectivity index (χ4n) is 1.45. The minimum Gasteiger partial charge on any atom is -0.340 e. The molecular weight excluding hydrogens is 166 g/mol. The summed E-state index contributed by atoms with van der Waals surface area (Å²) in [6.07, 6.45) is 1.79. The predicted molar refractivity (Wildman–Crippen MR) is 49.3 cm³/mol. The van der Waals surface area contributed by atoms with Crippen LogP contribution in [0.2, 0.25) is 0 Å². The standard InChI is InChI=1S/C10H9NO2/c1-8-6-11(13-7-12)10-5-3-2-4-9(8)10/h2-7H,1H3. The number of hydrogen-bond donors (Lipinski definition) is 0. The average molecular weight is 175 g/mol. The van der Waals surface area contributed by atoms with Gasteiger partial charge in [0.25, 0.3) is 0 Å². The van der Waals surface area contributed by atoms with Gasteiger partial charge in [-0.1, -0.05) is 18.2 Å². The molecule has 2 aromatic rings. The van der Waals surface area contributed by atoms with E-state index < -0.39 is 0 Å². The van der Waals surface area contributed by atoms with Crippen LogP contribution in [0, 0.1) is 6.92 Å². The van der Waals surface area contributed by atoms with Gasteiger partial charge >= 0.3 is 6.47 Å². The van der Waals surface area contributed by atoms with Gasteiger partial charge < -0.3 is 4.84 Å². The molecule has 0 aliphatic rings. The molecule has 1 aromatic carbocycles. The summed E-state index contributed by atoms with van der Waals surface area (Å²) in [5, 5.41) is 1.10. The zero-order chi connectivity index (χ0) is 9.26. The smallest absolute Gasteiger partial charge is 0.321 e. The largest absolute Gasteiger partial charge is 0.340 e. The highest BCUT2D eigenvalue weighted by molar-refractivity contribution is 5.83. The van der Waals surface area contributed by atoms with Crippen LogP contribution in [0.1, 0.15) is 5.56 Å². The van der Waals surface area contributed by atoms with Crippen LogP contribution in [-0.4, -0.2) is 11.2 Å². The number of rotatable bonds is 2. The van der Waals surface area contributed by atoms with Crippen LogP contribution in [0.4, 0.5) is 0 Å². The third-order valence-corrected chi connectivity index (χ3v) is 2.03. The fourth-order valence-corrected chi connectivity index (χ4v) is 1.45. The first-order valence-electron chi connectivity index (χ1n) is 4.00. The maximum atomic E-state index is 10.2. The molecule has 0 bridgehead atoms. The van der Waals surface area contributed by atoms with Gasteiger partial charge in [-0.25, -0.2) is 0 Å². The van der Waals surface area contributed by atoms with E-state index in [2.05, 4.69) is 0 Å². The lowest BCUT2D eigenvalue weighted by molar-refractivity contribution is -0.128. The van der Waals surface area contributed by atoms with Crippen LogP contribution in [0.15, 0.2) is 30.5 Å². The molecule has 0 saturated carbocycles. The Labute approximate surface area is 75.5 Å². The van der Waals surface area contributed by atoms with Gasteiger partial charge in [0.1, 0.15) is 0 Å². The van der Waals surface area contributed by atoms with E-state index in [1.165, 1.54) is 4.73 Å². The van der Waals surface area contributed by atoms with E-state index in [9.17, 15) is 4.79 Å². The lowest BCUT2D eigenvalue weighted by atomic mass is 10.2. The van der Waals surface area contributed by atoms with Gasteiger partial charge in [-0.3, -0.25) is 4.79 Å². The van der Waals surface area contributed by atoms with E-state index in [1.54, 1.807) is 6.20 Å². The summed E-state index contributed by atoms with van der Waals surface area (Å²) in [5.74, 6) is 0. The molecule has 0 aliphatic carbocycles. The van der Waals surface area contributed by atoms with E-state index >= 15 is 0 Å². The van der Waals surface area contributed by atoms with Gasteiger partial charge in [0, 0.05) is 11.6 Å². The van der Waals surface area contributed by atoms with E-state index in [-0.39, 0.29) is 0 Å². The van der Waals surface area contributed by atoms with Crippen LogP contribution >= 0.6 is 0 Å². The molecule has 3 heteroatoms. The van der Waals surface area contributed by atoms with Crippen molar-refractivity contribution in [1.29, 1.82) is 0 Å². The Morgan fingerprint density at radius 2 is 2.15 bits per heavy atom. The average Bonchev–Trinajstić information content (AvgIpc) is 2.46. The number of nitrogens with zero attached hydrogens (tertiary/aromatic N) is 1. The quantitative estimate of drug-likeness (QED) is 0.648. The van der Waals surface area contributed by atoms with Gasteiger partial charge in [0.05, 0.1) is 5.52 Å². The summed E-state index contributed by atoms with van der Waals surface area (Å²) in [5.41, 5.74) is 2.00. The molecule has 0 fully saturated rings. The first-order valence-corrected chi connectivity index (χ1v) is 4.00. The van der Waals surface area contributed by atoms with Gasteiger partial charge in [-0.05, 0) is 18.6 Å². The van der Waals surface area contributed by atoms with Crippen molar-refractivity contribution in [2.24, 2.45) is 0 Å². The van der Waals surface area contributed by atoms with Crippen LogP contribution in [-0.2, 0) is 4.79 Å². The topological polar surface area (TPSA) is 31.2 Å². The van der Waals surface area contributed by atoms with Crippen molar-refractivity contribution in [3.63, 3.8) is 0 Å². The second kappa shape index (κ2) is 2.94. The molecule has 0 amide bonds. The minimum atomic E-state index is 0.422. The molecule has 1 heterocycles. The van der Waals surface area contributed by atoms with Crippen molar-refractivity contribution < 1.29 is 9.63 Å². The summed E-state index contributed by atoms with van der Waals surface area (Å²) < 4.78 is 1.47. The molecule has 3 nitrogen and oxygen atoms in total. The number of carbonyl (C=O) groups excluding carboxylic acids is 1. The van der Waals surface area contributed by atoms with E-state index in [0.717, 1.165) is 16.5 Å². The number of carbonyl (C=O) groups is 1. The highest BCUT2D eigenvalue weighted by atomic mass is 16.7. The third kappa shape index (κ3) is 1.18. The van der Waals surface area contributed by atoms with Crippen molar-refractivity contribution in [3.05, 3.63) is 36.0 Å². The second-order valence-electron chi connectivity index (χ2n) is 2.86. The molecule has 1 aromatic heterocycles. The number of fused-ring (bicyclic) bond motifs is 1. The van der Waals surface area contributed by atoms with Crippen molar-refractivity contribution >= 4 is 17.4 Å². The molecule has 0 atom stereocenters. The Morgan fingerprint density at radius 1 is 1.38 bits per heavy atom. The van der Waals surface area contributed by atoms with Gasteiger partial charge in [-0.15, -0.1) is 0 Å². The molecule has 0 unspecified atom stereocenters. The Balaban J connectivity index is 2.70. The summed E-state index contributed by atoms with van der Waals surface area (Å²) >= 11 is 0. The maximum Gasteiger partial charge on any atom is 0.321 e. The molecule has 0 N–H and O–H groups in total. The molecule has 0 aliphatic heterocycles. The Morgan fingerprint density at radius 3 is 2.92 bits per heavy atom. The molecule has 66 valence electrons. The van der Waals surface area contributed by atoms with Crippen molar-refractivity contribution in [3.8, 4) is 0 Å².